The van der Waals surface area contributed by atoms with Crippen LogP contribution in [0.4, 0.5) is 5.69 Å². The Morgan fingerprint density at radius 3 is 3.00 bits per heavy atom. The number of nitrogens with one attached hydrogen (secondary N) is 2. The van der Waals surface area contributed by atoms with Gasteiger partial charge in [0.1, 0.15) is 0 Å². The van der Waals surface area contributed by atoms with Gasteiger partial charge in [0.25, 0.3) is 0 Å². The maximum Gasteiger partial charge on any atom is 0.239 e. The summed E-state index contributed by atoms with van der Waals surface area (Å²) in [6, 6.07) is 9.06. The minimum Gasteiger partial charge on any atom is -0.376 e. The number of hydrogen-bond acceptors (Lipinski definition) is 3. The number of nitrogens with zero attached hydrogens (tertiary/aromatic N) is 1. The van der Waals surface area contributed by atoms with Crippen LogP contribution < -0.4 is 10.6 Å². The molecule has 1 rings (SSSR count). The molecule has 1 amide bonds. The molecule has 1 aromatic rings. The third-order valence-electron chi connectivity index (χ3n) is 1.82. The number of carbonyl (C=O) groups is 1. The summed E-state index contributed by atoms with van der Waals surface area (Å²) >= 11 is 0. The molecule has 0 unspecified atom stereocenters. The van der Waals surface area contributed by atoms with Gasteiger partial charge in [-0.1, -0.05) is 6.07 Å². The molecule has 0 saturated carbocycles. The van der Waals surface area contributed by atoms with Crippen molar-refractivity contribution in [3.63, 3.8) is 0 Å². The zero-order valence-corrected chi connectivity index (χ0v) is 8.58. The van der Waals surface area contributed by atoms with Crippen molar-refractivity contribution >= 4 is 11.6 Å². The Bertz CT molecular complexity index is 382. The average molecular weight is 203 g/mol. The van der Waals surface area contributed by atoms with E-state index in [9.17, 15) is 4.79 Å². The van der Waals surface area contributed by atoms with E-state index >= 15 is 0 Å². The molecule has 0 aliphatic rings. The Morgan fingerprint density at radius 2 is 2.33 bits per heavy atom. The molecule has 0 aliphatic heterocycles. The molecule has 0 saturated heterocycles. The molecular weight excluding hydrogens is 190 g/mol. The van der Waals surface area contributed by atoms with Gasteiger partial charge in [-0.25, -0.2) is 0 Å². The van der Waals surface area contributed by atoms with Crippen LogP contribution >= 0.6 is 0 Å². The summed E-state index contributed by atoms with van der Waals surface area (Å²) in [6.07, 6.45) is 0. The molecule has 0 aromatic heterocycles. The van der Waals surface area contributed by atoms with E-state index in [1.807, 2.05) is 19.1 Å². The number of amides is 1. The number of rotatable bonds is 4. The van der Waals surface area contributed by atoms with E-state index < -0.39 is 0 Å². The number of nitriles is 1. The Kier molecular flexibility index (Phi) is 4.17. The van der Waals surface area contributed by atoms with Crippen LogP contribution in [-0.4, -0.2) is 19.0 Å². The van der Waals surface area contributed by atoms with E-state index in [0.29, 0.717) is 12.1 Å². The van der Waals surface area contributed by atoms with Gasteiger partial charge in [0.15, 0.2) is 0 Å². The Morgan fingerprint density at radius 1 is 1.53 bits per heavy atom. The predicted octanol–water partition coefficient (Wildman–Crippen LogP) is 1.11. The first-order valence-corrected chi connectivity index (χ1v) is 4.77. The van der Waals surface area contributed by atoms with Crippen molar-refractivity contribution in [2.24, 2.45) is 0 Å². The fourth-order valence-electron chi connectivity index (χ4n) is 1.14. The zero-order valence-electron chi connectivity index (χ0n) is 8.58. The second-order valence-electron chi connectivity index (χ2n) is 3.00. The minimum atomic E-state index is -0.0557. The van der Waals surface area contributed by atoms with Crippen molar-refractivity contribution < 1.29 is 4.79 Å². The number of anilines is 1. The third kappa shape index (κ3) is 3.69. The SMILES string of the molecule is CCNC(=O)CNc1cccc(C#N)c1. The molecule has 4 nitrogen and oxygen atoms in total. The highest BCUT2D eigenvalue weighted by Gasteiger charge is 1.99. The van der Waals surface area contributed by atoms with Crippen molar-refractivity contribution in [3.8, 4) is 6.07 Å². The summed E-state index contributed by atoms with van der Waals surface area (Å²) in [5.74, 6) is -0.0557. The first-order valence-electron chi connectivity index (χ1n) is 4.77. The van der Waals surface area contributed by atoms with Gasteiger partial charge in [-0.15, -0.1) is 0 Å². The van der Waals surface area contributed by atoms with Crippen molar-refractivity contribution in [3.05, 3.63) is 29.8 Å². The summed E-state index contributed by atoms with van der Waals surface area (Å²) in [6.45, 7) is 2.72. The van der Waals surface area contributed by atoms with Crippen LogP contribution in [0.2, 0.25) is 0 Å². The van der Waals surface area contributed by atoms with E-state index in [2.05, 4.69) is 10.6 Å². The van der Waals surface area contributed by atoms with Gasteiger partial charge in [0.05, 0.1) is 18.2 Å². The first-order chi connectivity index (χ1) is 7.26. The van der Waals surface area contributed by atoms with Gasteiger partial charge in [-0.05, 0) is 25.1 Å². The van der Waals surface area contributed by atoms with Crippen LogP contribution in [-0.2, 0) is 4.79 Å². The predicted molar refractivity (Wildman–Crippen MR) is 58.3 cm³/mol. The van der Waals surface area contributed by atoms with Crippen LogP contribution in [0.15, 0.2) is 24.3 Å². The third-order valence-corrected chi connectivity index (χ3v) is 1.82. The maximum atomic E-state index is 11.1. The molecule has 0 fully saturated rings. The normalized spacial score (nSPS) is 9.07. The largest absolute Gasteiger partial charge is 0.376 e. The van der Waals surface area contributed by atoms with Crippen LogP contribution in [0, 0.1) is 11.3 Å². The van der Waals surface area contributed by atoms with Gasteiger partial charge < -0.3 is 10.6 Å². The summed E-state index contributed by atoms with van der Waals surface area (Å²) in [4.78, 5) is 11.1. The molecule has 1 aromatic carbocycles. The van der Waals surface area contributed by atoms with Crippen molar-refractivity contribution in [1.82, 2.24) is 5.32 Å². The van der Waals surface area contributed by atoms with E-state index in [-0.39, 0.29) is 12.5 Å². The second-order valence-corrected chi connectivity index (χ2v) is 3.00. The summed E-state index contributed by atoms with van der Waals surface area (Å²) in [5.41, 5.74) is 1.36. The smallest absolute Gasteiger partial charge is 0.239 e. The Hall–Kier alpha value is -2.02. The quantitative estimate of drug-likeness (QED) is 0.770. The van der Waals surface area contributed by atoms with Crippen LogP contribution in [0.1, 0.15) is 12.5 Å². The summed E-state index contributed by atoms with van der Waals surface area (Å²) in [5, 5.41) is 14.3. The topological polar surface area (TPSA) is 64.9 Å². The monoisotopic (exact) mass is 203 g/mol. The fourth-order valence-corrected chi connectivity index (χ4v) is 1.14. The number of hydrogen-bond donors (Lipinski definition) is 2. The molecule has 78 valence electrons. The Balaban J connectivity index is 2.51. The molecule has 4 heteroatoms. The lowest BCUT2D eigenvalue weighted by molar-refractivity contribution is -0.119. The van der Waals surface area contributed by atoms with E-state index in [1.54, 1.807) is 18.2 Å². The van der Waals surface area contributed by atoms with E-state index in [1.165, 1.54) is 0 Å². The molecule has 0 aliphatic carbocycles. The summed E-state index contributed by atoms with van der Waals surface area (Å²) in [7, 11) is 0. The fraction of sp³-hybridized carbons (Fsp3) is 0.273. The van der Waals surface area contributed by atoms with E-state index in [4.69, 9.17) is 5.26 Å². The number of carbonyl (C=O) groups excluding carboxylic acids is 1. The highest BCUT2D eigenvalue weighted by molar-refractivity contribution is 5.80. The lowest BCUT2D eigenvalue weighted by atomic mass is 10.2. The molecule has 0 atom stereocenters. The van der Waals surface area contributed by atoms with Crippen LogP contribution in [0.5, 0.6) is 0 Å². The molecular formula is C11H13N3O. The van der Waals surface area contributed by atoms with Gasteiger partial charge in [-0.3, -0.25) is 4.79 Å². The highest BCUT2D eigenvalue weighted by atomic mass is 16.1. The molecule has 2 N–H and O–H groups in total. The van der Waals surface area contributed by atoms with Gasteiger partial charge >= 0.3 is 0 Å². The lowest BCUT2D eigenvalue weighted by Crippen LogP contribution is -2.29. The van der Waals surface area contributed by atoms with Gasteiger partial charge in [-0.2, -0.15) is 5.26 Å². The standard InChI is InChI=1S/C11H13N3O/c1-2-13-11(15)8-14-10-5-3-4-9(6-10)7-12/h3-6,14H,2,8H2,1H3,(H,13,15). The summed E-state index contributed by atoms with van der Waals surface area (Å²) < 4.78 is 0. The van der Waals surface area contributed by atoms with Crippen LogP contribution in [0.3, 0.4) is 0 Å². The molecule has 15 heavy (non-hydrogen) atoms. The molecule has 0 radical (unpaired) electrons. The molecule has 0 spiro atoms. The maximum absolute atomic E-state index is 11.1. The number of benzene rings is 1. The molecule has 0 heterocycles. The molecule has 0 bridgehead atoms. The van der Waals surface area contributed by atoms with E-state index in [0.717, 1.165) is 5.69 Å². The van der Waals surface area contributed by atoms with Crippen molar-refractivity contribution in [2.75, 3.05) is 18.4 Å². The van der Waals surface area contributed by atoms with Crippen LogP contribution in [0.25, 0.3) is 0 Å². The van der Waals surface area contributed by atoms with Crippen molar-refractivity contribution in [1.29, 1.82) is 5.26 Å². The minimum absolute atomic E-state index is 0.0557. The van der Waals surface area contributed by atoms with Gasteiger partial charge in [0.2, 0.25) is 5.91 Å². The average Bonchev–Trinajstić information content (AvgIpc) is 2.27. The lowest BCUT2D eigenvalue weighted by Gasteiger charge is -2.06. The number of likely N-dealkylation sites (N-methyl/N-ethyl adjacent to an activating group) is 1. The van der Waals surface area contributed by atoms with Gasteiger partial charge in [0, 0.05) is 12.2 Å². The second kappa shape index (κ2) is 5.66. The highest BCUT2D eigenvalue weighted by Crippen LogP contribution is 2.08. The first kappa shape index (κ1) is 11.1. The zero-order chi connectivity index (χ0) is 11.1. The Labute approximate surface area is 88.9 Å². The van der Waals surface area contributed by atoms with Crippen molar-refractivity contribution in [2.45, 2.75) is 6.92 Å².